The van der Waals surface area contributed by atoms with Crippen molar-refractivity contribution in [1.29, 1.82) is 0 Å². The van der Waals surface area contributed by atoms with Crippen molar-refractivity contribution in [2.45, 2.75) is 13.1 Å². The van der Waals surface area contributed by atoms with Gasteiger partial charge in [-0.2, -0.15) is 9.67 Å². The maximum absolute atomic E-state index is 12.7. The molecule has 0 saturated carbocycles. The molecule has 2 amide bonds. The lowest BCUT2D eigenvalue weighted by Gasteiger charge is -2.17. The van der Waals surface area contributed by atoms with Crippen molar-refractivity contribution in [2.75, 3.05) is 24.0 Å². The zero-order chi connectivity index (χ0) is 20.5. The molecule has 2 aromatic carbocycles. The number of benzene rings is 2. The fourth-order valence-corrected chi connectivity index (χ4v) is 3.17. The normalized spacial score (nSPS) is 12.8. The average molecular weight is 393 g/mol. The highest BCUT2D eigenvalue weighted by molar-refractivity contribution is 5.96. The van der Waals surface area contributed by atoms with Crippen LogP contribution in [0.25, 0.3) is 0 Å². The van der Waals surface area contributed by atoms with Crippen LogP contribution in [0.15, 0.2) is 59.4 Å². The smallest absolute Gasteiger partial charge is 0.354 e. The number of amides is 2. The number of para-hydroxylation sites is 1. The monoisotopic (exact) mass is 393 g/mol. The highest BCUT2D eigenvalue weighted by Gasteiger charge is 2.34. The summed E-state index contributed by atoms with van der Waals surface area (Å²) in [4.78, 5) is 40.8. The fourth-order valence-electron chi connectivity index (χ4n) is 3.17. The van der Waals surface area contributed by atoms with E-state index in [0.717, 1.165) is 9.25 Å². The van der Waals surface area contributed by atoms with Gasteiger partial charge in [0.25, 0.3) is 0 Å². The minimum Gasteiger partial charge on any atom is -0.497 e. The molecule has 29 heavy (non-hydrogen) atoms. The second kappa shape index (κ2) is 7.27. The average Bonchev–Trinajstić information content (AvgIpc) is 3.24. The maximum Gasteiger partial charge on any atom is 0.354 e. The predicted octanol–water partition coefficient (Wildman–Crippen LogP) is 1.70. The van der Waals surface area contributed by atoms with Gasteiger partial charge in [0.1, 0.15) is 12.3 Å². The summed E-state index contributed by atoms with van der Waals surface area (Å²) >= 11 is 0. The molecule has 0 bridgehead atoms. The van der Waals surface area contributed by atoms with Crippen molar-refractivity contribution < 1.29 is 14.3 Å². The second-order valence-corrected chi connectivity index (χ2v) is 6.55. The predicted molar refractivity (Wildman–Crippen MR) is 106 cm³/mol. The summed E-state index contributed by atoms with van der Waals surface area (Å²) in [6.07, 6.45) is 0. The summed E-state index contributed by atoms with van der Waals surface area (Å²) in [5.41, 5.74) is 0.710. The van der Waals surface area contributed by atoms with Crippen molar-refractivity contribution in [2.24, 2.45) is 0 Å². The van der Waals surface area contributed by atoms with Gasteiger partial charge in [-0.25, -0.2) is 14.3 Å². The summed E-state index contributed by atoms with van der Waals surface area (Å²) in [6.45, 7) is -0.101. The topological polar surface area (TPSA) is 89.7 Å². The van der Waals surface area contributed by atoms with Gasteiger partial charge < -0.3 is 9.64 Å². The first kappa shape index (κ1) is 18.5. The number of hydrogen-bond acceptors (Lipinski definition) is 5. The zero-order valence-electron chi connectivity index (χ0n) is 16.0. The third-order valence-corrected chi connectivity index (χ3v) is 4.81. The van der Waals surface area contributed by atoms with E-state index in [4.69, 9.17) is 4.74 Å². The van der Waals surface area contributed by atoms with Crippen LogP contribution < -0.4 is 20.2 Å². The molecule has 4 rings (SSSR count). The Morgan fingerprint density at radius 1 is 1.10 bits per heavy atom. The molecule has 2 heterocycles. The van der Waals surface area contributed by atoms with Crippen LogP contribution >= 0.6 is 0 Å². The van der Waals surface area contributed by atoms with Crippen LogP contribution in [0.4, 0.5) is 16.2 Å². The van der Waals surface area contributed by atoms with E-state index in [9.17, 15) is 14.4 Å². The van der Waals surface area contributed by atoms with Gasteiger partial charge in [0.15, 0.2) is 5.82 Å². The molecule has 0 atom stereocenters. The summed E-state index contributed by atoms with van der Waals surface area (Å²) in [5, 5.41) is 4.20. The Balaban J connectivity index is 1.53. The van der Waals surface area contributed by atoms with E-state index < -0.39 is 11.7 Å². The van der Waals surface area contributed by atoms with Crippen molar-refractivity contribution >= 4 is 23.3 Å². The minimum atomic E-state index is -0.629. The third-order valence-electron chi connectivity index (χ3n) is 4.81. The first-order chi connectivity index (χ1) is 14.0. The Bertz CT molecular complexity index is 1120. The molecule has 0 N–H and O–H groups in total. The third kappa shape index (κ3) is 3.27. The van der Waals surface area contributed by atoms with Crippen LogP contribution in [-0.2, 0) is 17.9 Å². The number of anilines is 2. The molecule has 9 heteroatoms. The number of carbonyl (C=O) groups excluding carboxylic acids is 2. The van der Waals surface area contributed by atoms with Crippen molar-refractivity contribution in [3.05, 3.63) is 70.9 Å². The van der Waals surface area contributed by atoms with Crippen LogP contribution in [0.1, 0.15) is 5.82 Å². The van der Waals surface area contributed by atoms with Gasteiger partial charge in [-0.15, -0.1) is 0 Å². The molecule has 0 fully saturated rings. The van der Waals surface area contributed by atoms with Gasteiger partial charge in [-0.1, -0.05) is 18.2 Å². The van der Waals surface area contributed by atoms with E-state index >= 15 is 0 Å². The number of likely N-dealkylation sites (N-methyl/N-ethyl adjacent to an activating group) is 1. The van der Waals surface area contributed by atoms with Gasteiger partial charge in [-0.05, 0) is 36.4 Å². The Kier molecular flexibility index (Phi) is 4.63. The Hall–Kier alpha value is -3.88. The van der Waals surface area contributed by atoms with Crippen LogP contribution in [-0.4, -0.2) is 40.4 Å². The van der Waals surface area contributed by atoms with E-state index in [0.29, 0.717) is 22.9 Å². The van der Waals surface area contributed by atoms with Crippen LogP contribution in [0.2, 0.25) is 0 Å². The molecule has 1 aliphatic heterocycles. The maximum atomic E-state index is 12.7. The summed E-state index contributed by atoms with van der Waals surface area (Å²) in [5.74, 6) is 0.655. The van der Waals surface area contributed by atoms with Crippen LogP contribution in [0, 0.1) is 0 Å². The fraction of sp³-hybridized carbons (Fsp3) is 0.200. The molecular formula is C20H19N5O4. The van der Waals surface area contributed by atoms with Crippen molar-refractivity contribution in [1.82, 2.24) is 14.3 Å². The second-order valence-electron chi connectivity index (χ2n) is 6.55. The molecule has 148 valence electrons. The Morgan fingerprint density at radius 3 is 2.41 bits per heavy atom. The number of ether oxygens (including phenoxy) is 1. The number of hydrogen-bond donors (Lipinski definition) is 0. The van der Waals surface area contributed by atoms with Crippen molar-refractivity contribution in [3.63, 3.8) is 0 Å². The molecular weight excluding hydrogens is 374 g/mol. The number of methoxy groups -OCH3 is 1. The lowest BCUT2D eigenvalue weighted by Crippen LogP contribution is -2.38. The highest BCUT2D eigenvalue weighted by atomic mass is 16.5. The number of aromatic nitrogens is 3. The van der Waals surface area contributed by atoms with E-state index in [1.165, 1.54) is 9.80 Å². The number of rotatable bonds is 5. The summed E-state index contributed by atoms with van der Waals surface area (Å²) < 4.78 is 7.15. The standard InChI is InChI=1S/C20H19N5O4/c1-22(14-6-4-3-5-7-14)18(26)13-24-20(28)25-17(21-24)12-23(19(25)27)15-8-10-16(29-2)11-9-15/h3-11H,12-13H2,1-2H3. The molecule has 0 unspecified atom stereocenters. The van der Waals surface area contributed by atoms with Crippen LogP contribution in [0.3, 0.4) is 0 Å². The lowest BCUT2D eigenvalue weighted by molar-refractivity contribution is -0.119. The van der Waals surface area contributed by atoms with Gasteiger partial charge >= 0.3 is 11.7 Å². The quantitative estimate of drug-likeness (QED) is 0.658. The first-order valence-electron chi connectivity index (χ1n) is 8.96. The van der Waals surface area contributed by atoms with Gasteiger partial charge in [0.05, 0.1) is 13.7 Å². The van der Waals surface area contributed by atoms with Gasteiger partial charge in [-0.3, -0.25) is 9.69 Å². The number of fused-ring (bicyclic) bond motifs is 1. The molecule has 1 aliphatic rings. The Morgan fingerprint density at radius 2 is 1.79 bits per heavy atom. The zero-order valence-corrected chi connectivity index (χ0v) is 16.0. The van der Waals surface area contributed by atoms with Crippen molar-refractivity contribution in [3.8, 4) is 5.75 Å². The van der Waals surface area contributed by atoms with E-state index in [2.05, 4.69) is 5.10 Å². The lowest BCUT2D eigenvalue weighted by atomic mass is 10.3. The molecule has 0 aliphatic carbocycles. The van der Waals surface area contributed by atoms with Gasteiger partial charge in [0, 0.05) is 18.4 Å². The molecule has 0 radical (unpaired) electrons. The highest BCUT2D eigenvalue weighted by Crippen LogP contribution is 2.24. The molecule has 3 aromatic rings. The Labute approximate surface area is 166 Å². The molecule has 0 saturated heterocycles. The molecule has 0 spiro atoms. The molecule has 1 aromatic heterocycles. The van der Waals surface area contributed by atoms with E-state index in [-0.39, 0.29) is 19.0 Å². The number of carbonyl (C=O) groups is 2. The van der Waals surface area contributed by atoms with E-state index in [1.807, 2.05) is 18.2 Å². The summed E-state index contributed by atoms with van der Waals surface area (Å²) in [6, 6.07) is 15.5. The van der Waals surface area contributed by atoms with E-state index in [1.54, 1.807) is 50.6 Å². The minimum absolute atomic E-state index is 0.149. The summed E-state index contributed by atoms with van der Waals surface area (Å²) in [7, 11) is 3.19. The van der Waals surface area contributed by atoms with Gasteiger partial charge in [0.2, 0.25) is 5.91 Å². The van der Waals surface area contributed by atoms with Crippen LogP contribution in [0.5, 0.6) is 5.75 Å². The SMILES string of the molecule is COc1ccc(N2Cc3nn(CC(=O)N(C)c4ccccc4)c(=O)n3C2=O)cc1. The number of nitrogens with zero attached hydrogens (tertiary/aromatic N) is 5. The molecule has 9 nitrogen and oxygen atoms in total. The largest absolute Gasteiger partial charge is 0.497 e. The first-order valence-corrected chi connectivity index (χ1v) is 8.96.